The number of carbonyl (C=O) groups is 2. The van der Waals surface area contributed by atoms with Gasteiger partial charge in [0.15, 0.2) is 0 Å². The van der Waals surface area contributed by atoms with Crippen LogP contribution >= 0.6 is 0 Å². The fraction of sp³-hybridized carbons (Fsp3) is 0.118. The van der Waals surface area contributed by atoms with Crippen molar-refractivity contribution in [2.45, 2.75) is 6.04 Å². The van der Waals surface area contributed by atoms with Gasteiger partial charge in [-0.15, -0.1) is 0 Å². The zero-order chi connectivity index (χ0) is 18.4. The summed E-state index contributed by atoms with van der Waals surface area (Å²) in [5.74, 6) is -4.15. The van der Waals surface area contributed by atoms with Gasteiger partial charge >= 0.3 is 0 Å². The molecule has 5 nitrogen and oxygen atoms in total. The number of benzene rings is 2. The second-order valence-corrected chi connectivity index (χ2v) is 4.99. The Hall–Kier alpha value is -3.34. The number of carbonyl (C=O) groups excluding carboxylic acids is 2. The first kappa shape index (κ1) is 18.0. The zero-order valence-corrected chi connectivity index (χ0v) is 12.7. The van der Waals surface area contributed by atoms with Crippen molar-refractivity contribution < 1.29 is 22.8 Å². The summed E-state index contributed by atoms with van der Waals surface area (Å²) in [6.45, 7) is -0.552. The predicted molar refractivity (Wildman–Crippen MR) is 81.6 cm³/mol. The maximum atomic E-state index is 13.6. The first-order valence-corrected chi connectivity index (χ1v) is 7.08. The van der Waals surface area contributed by atoms with Crippen LogP contribution in [0.1, 0.15) is 22.0 Å². The van der Waals surface area contributed by atoms with Crippen molar-refractivity contribution in [3.63, 3.8) is 0 Å². The standard InChI is InChI=1S/C17H12F3N3O2/c18-11-5-10(6-12(19)7-11)17(25)22-9-16(24)23-15(8-21)13-3-1-2-4-14(13)20/h1-7,15H,9H2,(H,22,25)(H,23,24). The number of hydrogen-bond acceptors (Lipinski definition) is 3. The van der Waals surface area contributed by atoms with Crippen LogP contribution in [0.2, 0.25) is 0 Å². The van der Waals surface area contributed by atoms with E-state index in [0.717, 1.165) is 18.2 Å². The van der Waals surface area contributed by atoms with E-state index in [0.29, 0.717) is 6.07 Å². The average molecular weight is 347 g/mol. The molecule has 0 aliphatic rings. The van der Waals surface area contributed by atoms with Gasteiger partial charge in [0, 0.05) is 17.2 Å². The van der Waals surface area contributed by atoms with Gasteiger partial charge in [-0.05, 0) is 18.2 Å². The highest BCUT2D eigenvalue weighted by Gasteiger charge is 2.18. The van der Waals surface area contributed by atoms with Crippen LogP contribution in [0.15, 0.2) is 42.5 Å². The largest absolute Gasteiger partial charge is 0.343 e. The molecule has 2 aromatic rings. The van der Waals surface area contributed by atoms with E-state index >= 15 is 0 Å². The summed E-state index contributed by atoms with van der Waals surface area (Å²) in [7, 11) is 0. The number of nitriles is 1. The molecule has 0 saturated heterocycles. The number of nitrogens with one attached hydrogen (secondary N) is 2. The minimum Gasteiger partial charge on any atom is -0.343 e. The molecule has 0 bridgehead atoms. The Kier molecular flexibility index (Phi) is 5.74. The van der Waals surface area contributed by atoms with Crippen LogP contribution in [-0.2, 0) is 4.79 Å². The normalized spacial score (nSPS) is 11.3. The third-order valence-electron chi connectivity index (χ3n) is 3.18. The van der Waals surface area contributed by atoms with E-state index in [1.54, 1.807) is 6.07 Å². The van der Waals surface area contributed by atoms with Crippen LogP contribution in [0.3, 0.4) is 0 Å². The second-order valence-electron chi connectivity index (χ2n) is 4.99. The zero-order valence-electron chi connectivity index (χ0n) is 12.7. The molecule has 0 saturated carbocycles. The molecule has 0 radical (unpaired) electrons. The fourth-order valence-corrected chi connectivity index (χ4v) is 2.05. The minimum absolute atomic E-state index is 0.0168. The summed E-state index contributed by atoms with van der Waals surface area (Å²) in [5.41, 5.74) is -0.312. The Morgan fingerprint density at radius 3 is 2.32 bits per heavy atom. The SMILES string of the molecule is N#CC(NC(=O)CNC(=O)c1cc(F)cc(F)c1)c1ccccc1F. The average Bonchev–Trinajstić information content (AvgIpc) is 2.57. The Bertz CT molecular complexity index is 829. The number of rotatable bonds is 5. The lowest BCUT2D eigenvalue weighted by Crippen LogP contribution is -2.38. The van der Waals surface area contributed by atoms with Crippen molar-refractivity contribution in [3.8, 4) is 6.07 Å². The van der Waals surface area contributed by atoms with E-state index in [2.05, 4.69) is 10.6 Å². The molecule has 0 heterocycles. The quantitative estimate of drug-likeness (QED) is 0.870. The van der Waals surface area contributed by atoms with Gasteiger partial charge in [0.2, 0.25) is 5.91 Å². The van der Waals surface area contributed by atoms with Crippen LogP contribution < -0.4 is 10.6 Å². The molecule has 0 spiro atoms. The lowest BCUT2D eigenvalue weighted by molar-refractivity contribution is -0.120. The van der Waals surface area contributed by atoms with Gasteiger partial charge in [-0.2, -0.15) is 5.26 Å². The van der Waals surface area contributed by atoms with Gasteiger partial charge < -0.3 is 10.6 Å². The first-order valence-electron chi connectivity index (χ1n) is 7.08. The van der Waals surface area contributed by atoms with Crippen LogP contribution in [0.4, 0.5) is 13.2 Å². The Labute approximate surface area is 141 Å². The Morgan fingerprint density at radius 1 is 1.08 bits per heavy atom. The van der Waals surface area contributed by atoms with Crippen molar-refractivity contribution in [2.75, 3.05) is 6.54 Å². The fourth-order valence-electron chi connectivity index (χ4n) is 2.05. The van der Waals surface area contributed by atoms with Gasteiger partial charge in [-0.25, -0.2) is 13.2 Å². The minimum atomic E-state index is -1.24. The van der Waals surface area contributed by atoms with E-state index in [1.165, 1.54) is 18.2 Å². The summed E-state index contributed by atoms with van der Waals surface area (Å²) in [4.78, 5) is 23.6. The van der Waals surface area contributed by atoms with Crippen molar-refractivity contribution in [2.24, 2.45) is 0 Å². The van der Waals surface area contributed by atoms with Crippen LogP contribution in [-0.4, -0.2) is 18.4 Å². The summed E-state index contributed by atoms with van der Waals surface area (Å²) in [6.07, 6.45) is 0. The Balaban J connectivity index is 1.97. The monoisotopic (exact) mass is 347 g/mol. The summed E-state index contributed by atoms with van der Waals surface area (Å²) >= 11 is 0. The number of nitrogens with zero attached hydrogens (tertiary/aromatic N) is 1. The molecule has 128 valence electrons. The molecular weight excluding hydrogens is 335 g/mol. The molecule has 2 rings (SSSR count). The Morgan fingerprint density at radius 2 is 1.72 bits per heavy atom. The van der Waals surface area contributed by atoms with E-state index < -0.39 is 41.9 Å². The molecule has 0 aliphatic heterocycles. The molecule has 0 fully saturated rings. The van der Waals surface area contributed by atoms with Crippen molar-refractivity contribution in [3.05, 3.63) is 71.0 Å². The van der Waals surface area contributed by atoms with Crippen LogP contribution in [0, 0.1) is 28.8 Å². The molecule has 2 amide bonds. The molecular formula is C17H12F3N3O2. The van der Waals surface area contributed by atoms with E-state index in [-0.39, 0.29) is 11.1 Å². The summed E-state index contributed by atoms with van der Waals surface area (Å²) in [6, 6.07) is 8.17. The highest BCUT2D eigenvalue weighted by molar-refractivity contribution is 5.96. The number of hydrogen-bond donors (Lipinski definition) is 2. The molecule has 2 N–H and O–H groups in total. The van der Waals surface area contributed by atoms with E-state index in [4.69, 9.17) is 5.26 Å². The second kappa shape index (κ2) is 7.97. The van der Waals surface area contributed by atoms with E-state index in [9.17, 15) is 22.8 Å². The van der Waals surface area contributed by atoms with Gasteiger partial charge in [-0.1, -0.05) is 18.2 Å². The number of amides is 2. The summed E-state index contributed by atoms with van der Waals surface area (Å²) in [5, 5.41) is 13.5. The molecule has 1 atom stereocenters. The third kappa shape index (κ3) is 4.81. The highest BCUT2D eigenvalue weighted by atomic mass is 19.1. The highest BCUT2D eigenvalue weighted by Crippen LogP contribution is 2.15. The third-order valence-corrected chi connectivity index (χ3v) is 3.18. The smallest absolute Gasteiger partial charge is 0.251 e. The molecule has 1 unspecified atom stereocenters. The summed E-state index contributed by atoms with van der Waals surface area (Å²) < 4.78 is 39.8. The lowest BCUT2D eigenvalue weighted by Gasteiger charge is -2.13. The van der Waals surface area contributed by atoms with Gasteiger partial charge in [0.05, 0.1) is 12.6 Å². The van der Waals surface area contributed by atoms with Gasteiger partial charge in [0.1, 0.15) is 23.5 Å². The maximum absolute atomic E-state index is 13.6. The van der Waals surface area contributed by atoms with Crippen molar-refractivity contribution in [1.82, 2.24) is 10.6 Å². The van der Waals surface area contributed by atoms with Gasteiger partial charge in [0.25, 0.3) is 5.91 Å². The maximum Gasteiger partial charge on any atom is 0.251 e. The van der Waals surface area contributed by atoms with Crippen LogP contribution in [0.5, 0.6) is 0 Å². The van der Waals surface area contributed by atoms with Crippen molar-refractivity contribution in [1.29, 1.82) is 5.26 Å². The van der Waals surface area contributed by atoms with Crippen LogP contribution in [0.25, 0.3) is 0 Å². The van der Waals surface area contributed by atoms with Crippen molar-refractivity contribution >= 4 is 11.8 Å². The molecule has 0 aromatic heterocycles. The topological polar surface area (TPSA) is 82.0 Å². The molecule has 2 aromatic carbocycles. The van der Waals surface area contributed by atoms with E-state index in [1.807, 2.05) is 0 Å². The first-order chi connectivity index (χ1) is 11.9. The lowest BCUT2D eigenvalue weighted by atomic mass is 10.1. The molecule has 8 heteroatoms. The number of halogens is 3. The molecule has 0 aliphatic carbocycles. The predicted octanol–water partition coefficient (Wildman–Crippen LogP) is 2.21. The van der Waals surface area contributed by atoms with Gasteiger partial charge in [-0.3, -0.25) is 9.59 Å². The molecule has 25 heavy (non-hydrogen) atoms.